The molecule has 0 radical (unpaired) electrons. The summed E-state index contributed by atoms with van der Waals surface area (Å²) in [5.74, 6) is 1.10. The number of carbonyl (C=O) groups is 2. The van der Waals surface area contributed by atoms with Gasteiger partial charge in [0, 0.05) is 18.7 Å². The van der Waals surface area contributed by atoms with Crippen molar-refractivity contribution in [2.24, 2.45) is 4.99 Å². The Kier molecular flexibility index (Phi) is 8.62. The maximum atomic E-state index is 13.2. The molecule has 1 aliphatic rings. The van der Waals surface area contributed by atoms with Crippen LogP contribution in [0.1, 0.15) is 18.9 Å². The van der Waals surface area contributed by atoms with Gasteiger partial charge in [0.2, 0.25) is 11.8 Å². The van der Waals surface area contributed by atoms with Gasteiger partial charge in [-0.05, 0) is 67.4 Å². The van der Waals surface area contributed by atoms with E-state index >= 15 is 0 Å². The highest BCUT2D eigenvalue weighted by atomic mass is 32.2. The lowest BCUT2D eigenvalue weighted by atomic mass is 10.1. The number of nitrogens with zero attached hydrogens (tertiary/aromatic N) is 2. The van der Waals surface area contributed by atoms with E-state index in [-0.39, 0.29) is 18.2 Å². The van der Waals surface area contributed by atoms with E-state index in [9.17, 15) is 9.59 Å². The summed E-state index contributed by atoms with van der Waals surface area (Å²) in [4.78, 5) is 32.7. The molecule has 0 spiro atoms. The zero-order valence-electron chi connectivity index (χ0n) is 20.3. The minimum absolute atomic E-state index is 0.101. The first-order valence-electron chi connectivity index (χ1n) is 11.8. The largest absolute Gasteiger partial charge is 0.497 e. The van der Waals surface area contributed by atoms with Crippen molar-refractivity contribution < 1.29 is 19.1 Å². The molecular weight excluding hydrogens is 474 g/mol. The fourth-order valence-corrected chi connectivity index (χ4v) is 4.86. The smallest absolute Gasteiger partial charge is 0.238 e. The molecule has 1 N–H and O–H groups in total. The van der Waals surface area contributed by atoms with Crippen LogP contribution in [0.4, 0.5) is 11.4 Å². The van der Waals surface area contributed by atoms with Crippen molar-refractivity contribution in [3.8, 4) is 11.5 Å². The van der Waals surface area contributed by atoms with Crippen LogP contribution in [0.3, 0.4) is 0 Å². The topological polar surface area (TPSA) is 80.2 Å². The monoisotopic (exact) mass is 503 g/mol. The van der Waals surface area contributed by atoms with Gasteiger partial charge in [0.25, 0.3) is 0 Å². The Hall–Kier alpha value is -3.78. The molecule has 4 rings (SSSR count). The third-order valence-electron chi connectivity index (χ3n) is 5.63. The molecule has 1 aliphatic heterocycles. The highest BCUT2D eigenvalue weighted by molar-refractivity contribution is 8.15. The number of hydrogen-bond donors (Lipinski definition) is 1. The fraction of sp³-hybridized carbons (Fsp3) is 0.250. The molecule has 186 valence electrons. The summed E-state index contributed by atoms with van der Waals surface area (Å²) < 4.78 is 10.7. The molecule has 3 aromatic carbocycles. The predicted octanol–water partition coefficient (Wildman–Crippen LogP) is 5.30. The summed E-state index contributed by atoms with van der Waals surface area (Å²) in [6.45, 7) is 2.98. The first-order chi connectivity index (χ1) is 17.6. The minimum Gasteiger partial charge on any atom is -0.497 e. The quantitative estimate of drug-likeness (QED) is 0.429. The molecule has 1 heterocycles. The fourth-order valence-electron chi connectivity index (χ4n) is 3.74. The number of methoxy groups -OCH3 is 1. The number of thioether (sulfide) groups is 1. The minimum atomic E-state index is -0.589. The number of carbonyl (C=O) groups excluding carboxylic acids is 2. The van der Waals surface area contributed by atoms with Gasteiger partial charge in [0.1, 0.15) is 16.7 Å². The molecule has 3 aromatic rings. The number of hydrogen-bond acceptors (Lipinski definition) is 6. The molecular formula is C28H29N3O4S. The Morgan fingerprint density at radius 2 is 1.72 bits per heavy atom. The third-order valence-corrected chi connectivity index (χ3v) is 6.82. The van der Waals surface area contributed by atoms with Crippen molar-refractivity contribution in [2.75, 3.05) is 25.6 Å². The molecule has 7 nitrogen and oxygen atoms in total. The lowest BCUT2D eigenvalue weighted by Gasteiger charge is -2.32. The van der Waals surface area contributed by atoms with Crippen LogP contribution in [0, 0.1) is 0 Å². The number of aliphatic imine (C=N–C) groups is 1. The molecule has 0 bridgehead atoms. The van der Waals surface area contributed by atoms with Crippen molar-refractivity contribution in [3.05, 3.63) is 84.4 Å². The van der Waals surface area contributed by atoms with Gasteiger partial charge in [0.15, 0.2) is 5.17 Å². The van der Waals surface area contributed by atoms with Crippen LogP contribution in [-0.4, -0.2) is 47.4 Å². The lowest BCUT2D eigenvalue weighted by molar-refractivity contribution is -0.129. The van der Waals surface area contributed by atoms with Crippen LogP contribution in [0.15, 0.2) is 83.9 Å². The zero-order chi connectivity index (χ0) is 25.3. The molecule has 0 unspecified atom stereocenters. The summed E-state index contributed by atoms with van der Waals surface area (Å²) in [6, 6.07) is 24.5. The van der Waals surface area contributed by atoms with Crippen LogP contribution in [0.2, 0.25) is 0 Å². The van der Waals surface area contributed by atoms with Gasteiger partial charge in [-0.2, -0.15) is 0 Å². The highest BCUT2D eigenvalue weighted by Gasteiger charge is 2.35. The second-order valence-corrected chi connectivity index (χ2v) is 9.30. The molecule has 0 aliphatic carbocycles. The average Bonchev–Trinajstić information content (AvgIpc) is 2.90. The first kappa shape index (κ1) is 25.3. The SMILES string of the molecule is CCOc1ccc(NC(=O)[C@@H]2CC(=O)N(CCc3ccccc3)C(=Nc3ccc(OC)cc3)S2)cc1. The molecule has 1 fully saturated rings. The first-order valence-corrected chi connectivity index (χ1v) is 12.7. The maximum absolute atomic E-state index is 13.2. The van der Waals surface area contributed by atoms with Crippen molar-refractivity contribution in [3.63, 3.8) is 0 Å². The standard InChI is InChI=1S/C28H29N3O4S/c1-3-35-24-15-11-21(12-16-24)29-27(33)25-19-26(32)31(18-17-20-7-5-4-6-8-20)28(36-25)30-22-9-13-23(34-2)14-10-22/h4-16,25H,3,17-19H2,1-2H3,(H,29,33)/t25-/m0/s1. The molecule has 1 atom stereocenters. The number of benzene rings is 3. The third kappa shape index (κ3) is 6.66. The lowest BCUT2D eigenvalue weighted by Crippen LogP contribution is -2.46. The van der Waals surface area contributed by atoms with Crippen LogP contribution in [0.25, 0.3) is 0 Å². The number of ether oxygens (including phenoxy) is 2. The molecule has 36 heavy (non-hydrogen) atoms. The second kappa shape index (κ2) is 12.3. The van der Waals surface area contributed by atoms with Crippen LogP contribution in [-0.2, 0) is 16.0 Å². The van der Waals surface area contributed by atoms with Crippen molar-refractivity contribution in [2.45, 2.75) is 25.0 Å². The van der Waals surface area contributed by atoms with E-state index < -0.39 is 5.25 Å². The summed E-state index contributed by atoms with van der Waals surface area (Å²) in [6.07, 6.45) is 0.793. The molecule has 0 saturated carbocycles. The second-order valence-electron chi connectivity index (χ2n) is 8.13. The van der Waals surface area contributed by atoms with Crippen LogP contribution >= 0.6 is 11.8 Å². The highest BCUT2D eigenvalue weighted by Crippen LogP contribution is 2.31. The summed E-state index contributed by atoms with van der Waals surface area (Å²) in [5.41, 5.74) is 2.47. The average molecular weight is 504 g/mol. The van der Waals surface area contributed by atoms with E-state index in [2.05, 4.69) is 5.32 Å². The molecule has 8 heteroatoms. The normalized spacial score (nSPS) is 16.6. The van der Waals surface area contributed by atoms with Gasteiger partial charge in [-0.1, -0.05) is 42.1 Å². The Labute approximate surface area is 215 Å². The maximum Gasteiger partial charge on any atom is 0.238 e. The van der Waals surface area contributed by atoms with E-state index in [1.54, 1.807) is 36.3 Å². The van der Waals surface area contributed by atoms with Gasteiger partial charge < -0.3 is 14.8 Å². The molecule has 0 aromatic heterocycles. The van der Waals surface area contributed by atoms with E-state index in [1.807, 2.05) is 61.5 Å². The Morgan fingerprint density at radius 3 is 2.39 bits per heavy atom. The van der Waals surface area contributed by atoms with Crippen LogP contribution in [0.5, 0.6) is 11.5 Å². The van der Waals surface area contributed by atoms with Crippen molar-refractivity contribution >= 4 is 40.1 Å². The Morgan fingerprint density at radius 1 is 1.03 bits per heavy atom. The van der Waals surface area contributed by atoms with E-state index in [0.29, 0.717) is 36.1 Å². The molecule has 2 amide bonds. The van der Waals surface area contributed by atoms with Gasteiger partial charge >= 0.3 is 0 Å². The predicted molar refractivity (Wildman–Crippen MR) is 144 cm³/mol. The summed E-state index contributed by atoms with van der Waals surface area (Å²) in [5, 5.41) is 2.84. The number of amides is 2. The summed E-state index contributed by atoms with van der Waals surface area (Å²) in [7, 11) is 1.61. The van der Waals surface area contributed by atoms with Gasteiger partial charge in [-0.3, -0.25) is 14.5 Å². The van der Waals surface area contributed by atoms with Crippen molar-refractivity contribution in [1.29, 1.82) is 0 Å². The number of nitrogens with one attached hydrogen (secondary N) is 1. The summed E-state index contributed by atoms with van der Waals surface area (Å²) >= 11 is 1.31. The van der Waals surface area contributed by atoms with Gasteiger partial charge in [-0.25, -0.2) is 4.99 Å². The van der Waals surface area contributed by atoms with E-state index in [0.717, 1.165) is 17.1 Å². The Bertz CT molecular complexity index is 1200. The zero-order valence-corrected chi connectivity index (χ0v) is 21.2. The van der Waals surface area contributed by atoms with E-state index in [4.69, 9.17) is 14.5 Å². The van der Waals surface area contributed by atoms with Crippen LogP contribution < -0.4 is 14.8 Å². The van der Waals surface area contributed by atoms with E-state index in [1.165, 1.54) is 11.8 Å². The van der Waals surface area contributed by atoms with Gasteiger partial charge in [-0.15, -0.1) is 0 Å². The molecule has 1 saturated heterocycles. The van der Waals surface area contributed by atoms with Gasteiger partial charge in [0.05, 0.1) is 19.4 Å². The number of amidine groups is 1. The number of anilines is 1. The van der Waals surface area contributed by atoms with Crippen molar-refractivity contribution in [1.82, 2.24) is 4.90 Å². The Balaban J connectivity index is 1.52. The number of rotatable bonds is 9.